The highest BCUT2D eigenvalue weighted by Gasteiger charge is 2.14. The van der Waals surface area contributed by atoms with Crippen LogP contribution in [0.15, 0.2) is 35.8 Å². The molecule has 128 valence electrons. The molecule has 2 aromatic rings. The first kappa shape index (κ1) is 17.9. The third kappa shape index (κ3) is 4.79. The topological polar surface area (TPSA) is 74.3 Å². The van der Waals surface area contributed by atoms with Gasteiger partial charge >= 0.3 is 6.03 Å². The first-order chi connectivity index (χ1) is 11.5. The summed E-state index contributed by atoms with van der Waals surface area (Å²) in [6.07, 6.45) is 1.71. The Morgan fingerprint density at radius 2 is 2.08 bits per heavy atom. The summed E-state index contributed by atoms with van der Waals surface area (Å²) in [7, 11) is 0. The van der Waals surface area contributed by atoms with E-state index in [4.69, 9.17) is 0 Å². The fourth-order valence-electron chi connectivity index (χ4n) is 2.30. The van der Waals surface area contributed by atoms with E-state index in [2.05, 4.69) is 15.6 Å². The van der Waals surface area contributed by atoms with Crippen LogP contribution in [0.25, 0.3) is 0 Å². The zero-order chi connectivity index (χ0) is 17.5. The van der Waals surface area contributed by atoms with Crippen LogP contribution < -0.4 is 10.6 Å². The maximum absolute atomic E-state index is 12.2. The largest absolute Gasteiger partial charge is 0.339 e. The second-order valence-electron chi connectivity index (χ2n) is 5.38. The molecule has 0 aliphatic carbocycles. The fourth-order valence-corrected chi connectivity index (χ4v) is 2.94. The molecule has 1 heterocycles. The van der Waals surface area contributed by atoms with Gasteiger partial charge in [0.2, 0.25) is 5.91 Å². The molecule has 0 saturated carbocycles. The molecule has 6 nitrogen and oxygen atoms in total. The van der Waals surface area contributed by atoms with Crippen molar-refractivity contribution < 1.29 is 9.59 Å². The number of urea groups is 1. The van der Waals surface area contributed by atoms with E-state index < -0.39 is 0 Å². The number of benzene rings is 1. The van der Waals surface area contributed by atoms with Crippen molar-refractivity contribution in [1.82, 2.24) is 15.2 Å². The molecule has 2 rings (SSSR count). The van der Waals surface area contributed by atoms with Gasteiger partial charge in [-0.3, -0.25) is 4.79 Å². The molecule has 1 atom stereocenters. The van der Waals surface area contributed by atoms with Crippen molar-refractivity contribution in [3.8, 4) is 0 Å². The lowest BCUT2D eigenvalue weighted by molar-refractivity contribution is -0.129. The summed E-state index contributed by atoms with van der Waals surface area (Å²) in [5.74, 6) is 0.00847. The summed E-state index contributed by atoms with van der Waals surface area (Å²) in [4.78, 5) is 29.8. The van der Waals surface area contributed by atoms with Crippen LogP contribution in [0.4, 0.5) is 10.5 Å². The van der Waals surface area contributed by atoms with Gasteiger partial charge in [0.05, 0.1) is 6.04 Å². The zero-order valence-corrected chi connectivity index (χ0v) is 14.9. The van der Waals surface area contributed by atoms with Gasteiger partial charge in [-0.05, 0) is 25.5 Å². The summed E-state index contributed by atoms with van der Waals surface area (Å²) in [5.41, 5.74) is 1.59. The number of hydrogen-bond donors (Lipinski definition) is 2. The molecule has 7 heteroatoms. The molecule has 0 unspecified atom stereocenters. The van der Waals surface area contributed by atoms with Crippen LogP contribution in [0.1, 0.15) is 37.4 Å². The van der Waals surface area contributed by atoms with Gasteiger partial charge in [0.1, 0.15) is 5.01 Å². The Balaban J connectivity index is 2.04. The van der Waals surface area contributed by atoms with Gasteiger partial charge in [0.15, 0.2) is 0 Å². The van der Waals surface area contributed by atoms with E-state index in [0.717, 1.165) is 10.6 Å². The van der Waals surface area contributed by atoms with Gasteiger partial charge in [-0.15, -0.1) is 11.3 Å². The summed E-state index contributed by atoms with van der Waals surface area (Å²) in [6.45, 7) is 6.45. The van der Waals surface area contributed by atoms with E-state index in [0.29, 0.717) is 18.8 Å². The molecule has 0 aliphatic rings. The zero-order valence-electron chi connectivity index (χ0n) is 14.1. The SMILES string of the molecule is CCN(Cc1ccccc1NC(=O)N[C@@H](C)c1nccs1)C(C)=O. The number of rotatable bonds is 6. The molecule has 1 aromatic heterocycles. The van der Waals surface area contributed by atoms with E-state index in [-0.39, 0.29) is 18.0 Å². The van der Waals surface area contributed by atoms with E-state index >= 15 is 0 Å². The quantitative estimate of drug-likeness (QED) is 0.842. The number of nitrogens with one attached hydrogen (secondary N) is 2. The predicted octanol–water partition coefficient (Wildman–Crippen LogP) is 3.39. The minimum atomic E-state index is -0.295. The number of hydrogen-bond acceptors (Lipinski definition) is 4. The maximum atomic E-state index is 12.2. The van der Waals surface area contributed by atoms with Gasteiger partial charge in [0, 0.05) is 37.3 Å². The van der Waals surface area contributed by atoms with Gasteiger partial charge < -0.3 is 15.5 Å². The van der Waals surface area contributed by atoms with Gasteiger partial charge in [-0.2, -0.15) is 0 Å². The Kier molecular flexibility index (Phi) is 6.31. The summed E-state index contributed by atoms with van der Waals surface area (Å²) in [5, 5.41) is 8.46. The highest BCUT2D eigenvalue weighted by molar-refractivity contribution is 7.09. The average Bonchev–Trinajstić information content (AvgIpc) is 3.08. The number of para-hydroxylation sites is 1. The molecular weight excluding hydrogens is 324 g/mol. The number of amides is 3. The Labute approximate surface area is 145 Å². The smallest absolute Gasteiger partial charge is 0.319 e. The van der Waals surface area contributed by atoms with Crippen molar-refractivity contribution in [3.63, 3.8) is 0 Å². The molecule has 0 spiro atoms. The standard InChI is InChI=1S/C17H22N4O2S/c1-4-21(13(3)22)11-14-7-5-6-8-15(14)20-17(23)19-12(2)16-18-9-10-24-16/h5-10,12H,4,11H2,1-3H3,(H2,19,20,23)/t12-/m0/s1. The molecule has 0 fully saturated rings. The molecule has 0 saturated heterocycles. The van der Waals surface area contributed by atoms with Crippen molar-refractivity contribution in [2.45, 2.75) is 33.4 Å². The number of nitrogens with zero attached hydrogens (tertiary/aromatic N) is 2. The minimum Gasteiger partial charge on any atom is -0.339 e. The van der Waals surface area contributed by atoms with Crippen LogP contribution in [0.3, 0.4) is 0 Å². The highest BCUT2D eigenvalue weighted by Crippen LogP contribution is 2.19. The Hall–Kier alpha value is -2.41. The van der Waals surface area contributed by atoms with Gasteiger partial charge in [-0.1, -0.05) is 18.2 Å². The summed E-state index contributed by atoms with van der Waals surface area (Å²) >= 11 is 1.50. The van der Waals surface area contributed by atoms with Crippen LogP contribution in [-0.2, 0) is 11.3 Å². The second kappa shape index (κ2) is 8.44. The van der Waals surface area contributed by atoms with Crippen LogP contribution in [0, 0.1) is 0 Å². The minimum absolute atomic E-state index is 0.00847. The van der Waals surface area contributed by atoms with Crippen LogP contribution in [0.5, 0.6) is 0 Å². The molecule has 3 amide bonds. The number of aromatic nitrogens is 1. The normalized spacial score (nSPS) is 11.6. The number of carbonyl (C=O) groups is 2. The monoisotopic (exact) mass is 346 g/mol. The molecule has 0 radical (unpaired) electrons. The van der Waals surface area contributed by atoms with Crippen LogP contribution in [0.2, 0.25) is 0 Å². The average molecular weight is 346 g/mol. The Morgan fingerprint density at radius 3 is 2.71 bits per heavy atom. The number of carbonyl (C=O) groups excluding carboxylic acids is 2. The third-order valence-corrected chi connectivity index (χ3v) is 4.58. The number of anilines is 1. The van der Waals surface area contributed by atoms with Gasteiger partial charge in [-0.25, -0.2) is 9.78 Å². The molecule has 0 bridgehead atoms. The first-order valence-corrected chi connectivity index (χ1v) is 8.69. The Morgan fingerprint density at radius 1 is 1.33 bits per heavy atom. The van der Waals surface area contributed by atoms with Crippen molar-refractivity contribution in [1.29, 1.82) is 0 Å². The Bertz CT molecular complexity index is 688. The lowest BCUT2D eigenvalue weighted by atomic mass is 10.1. The fraction of sp³-hybridized carbons (Fsp3) is 0.353. The first-order valence-electron chi connectivity index (χ1n) is 7.81. The predicted molar refractivity (Wildman–Crippen MR) is 95.9 cm³/mol. The second-order valence-corrected chi connectivity index (χ2v) is 6.31. The number of thiazole rings is 1. The summed E-state index contributed by atoms with van der Waals surface area (Å²) in [6, 6.07) is 7.03. The summed E-state index contributed by atoms with van der Waals surface area (Å²) < 4.78 is 0. The highest BCUT2D eigenvalue weighted by atomic mass is 32.1. The van der Waals surface area contributed by atoms with Gasteiger partial charge in [0.25, 0.3) is 0 Å². The van der Waals surface area contributed by atoms with Crippen LogP contribution in [-0.4, -0.2) is 28.4 Å². The van der Waals surface area contributed by atoms with Crippen LogP contribution >= 0.6 is 11.3 Å². The van der Waals surface area contributed by atoms with E-state index in [1.54, 1.807) is 18.0 Å². The van der Waals surface area contributed by atoms with E-state index in [9.17, 15) is 9.59 Å². The third-order valence-electron chi connectivity index (χ3n) is 3.62. The molecule has 1 aromatic carbocycles. The van der Waals surface area contributed by atoms with Crippen molar-refractivity contribution in [2.24, 2.45) is 0 Å². The lowest BCUT2D eigenvalue weighted by Crippen LogP contribution is -2.32. The molecule has 2 N–H and O–H groups in total. The molecular formula is C17H22N4O2S. The maximum Gasteiger partial charge on any atom is 0.319 e. The van der Waals surface area contributed by atoms with E-state index in [1.165, 1.54) is 11.3 Å². The molecule has 0 aliphatic heterocycles. The van der Waals surface area contributed by atoms with Crippen molar-refractivity contribution >= 4 is 29.0 Å². The molecule has 24 heavy (non-hydrogen) atoms. The van der Waals surface area contributed by atoms with Crippen molar-refractivity contribution in [3.05, 3.63) is 46.4 Å². The lowest BCUT2D eigenvalue weighted by Gasteiger charge is -2.21. The van der Waals surface area contributed by atoms with E-state index in [1.807, 2.05) is 43.5 Å². The van der Waals surface area contributed by atoms with Crippen molar-refractivity contribution in [2.75, 3.05) is 11.9 Å².